The maximum Gasteiger partial charge on any atom is 0.222 e. The summed E-state index contributed by atoms with van der Waals surface area (Å²) in [5.41, 5.74) is 7.82. The van der Waals surface area contributed by atoms with E-state index in [2.05, 4.69) is 5.32 Å². The number of rotatable bonds is 5. The molecule has 1 heterocycles. The van der Waals surface area contributed by atoms with E-state index < -0.39 is 0 Å². The average molecular weight is 248 g/mol. The van der Waals surface area contributed by atoms with E-state index >= 15 is 0 Å². The van der Waals surface area contributed by atoms with Gasteiger partial charge in [0.15, 0.2) is 0 Å². The van der Waals surface area contributed by atoms with Gasteiger partial charge in [-0.1, -0.05) is 24.3 Å². The summed E-state index contributed by atoms with van der Waals surface area (Å²) in [6, 6.07) is 7.90. The van der Waals surface area contributed by atoms with Crippen molar-refractivity contribution >= 4 is 5.91 Å². The Labute approximate surface area is 108 Å². The molecule has 1 aromatic rings. The van der Waals surface area contributed by atoms with Gasteiger partial charge in [0, 0.05) is 19.7 Å². The summed E-state index contributed by atoms with van der Waals surface area (Å²) in [5.74, 6) is 0.0497. The molecule has 0 radical (unpaired) electrons. The normalized spacial score (nSPS) is 18.8. The van der Waals surface area contributed by atoms with Gasteiger partial charge in [-0.15, -0.1) is 0 Å². The van der Waals surface area contributed by atoms with Crippen LogP contribution in [0.5, 0.6) is 0 Å². The van der Waals surface area contributed by atoms with E-state index in [9.17, 15) is 4.79 Å². The Balaban J connectivity index is 1.81. The second-order valence-corrected chi connectivity index (χ2v) is 4.59. The molecule has 1 fully saturated rings. The molecule has 4 heteroatoms. The third-order valence-electron chi connectivity index (χ3n) is 3.25. The molecule has 0 bridgehead atoms. The first-order valence-electron chi connectivity index (χ1n) is 6.44. The van der Waals surface area contributed by atoms with Gasteiger partial charge in [0.2, 0.25) is 5.91 Å². The Bertz CT molecular complexity index is 401. The molecular formula is C14H20N2O2. The van der Waals surface area contributed by atoms with Crippen molar-refractivity contribution in [3.05, 3.63) is 35.4 Å². The molecule has 0 spiro atoms. The molecule has 4 nitrogen and oxygen atoms in total. The van der Waals surface area contributed by atoms with Gasteiger partial charge in [0.05, 0.1) is 12.5 Å². The number of carbonyl (C=O) groups is 1. The van der Waals surface area contributed by atoms with Crippen LogP contribution in [0.4, 0.5) is 0 Å². The van der Waals surface area contributed by atoms with Crippen molar-refractivity contribution in [2.24, 2.45) is 5.73 Å². The van der Waals surface area contributed by atoms with E-state index in [1.807, 2.05) is 24.3 Å². The van der Waals surface area contributed by atoms with E-state index in [0.29, 0.717) is 19.5 Å². The molecular weight excluding hydrogens is 228 g/mol. The van der Waals surface area contributed by atoms with Gasteiger partial charge in [-0.25, -0.2) is 0 Å². The maximum absolute atomic E-state index is 11.7. The van der Waals surface area contributed by atoms with Gasteiger partial charge in [-0.3, -0.25) is 4.79 Å². The van der Waals surface area contributed by atoms with Crippen molar-refractivity contribution in [3.8, 4) is 0 Å². The number of nitrogens with one attached hydrogen (secondary N) is 1. The van der Waals surface area contributed by atoms with Crippen LogP contribution in [0.2, 0.25) is 0 Å². The molecule has 0 saturated carbocycles. The Hall–Kier alpha value is -1.39. The first-order chi connectivity index (χ1) is 8.79. The highest BCUT2D eigenvalue weighted by Crippen LogP contribution is 2.15. The summed E-state index contributed by atoms with van der Waals surface area (Å²) in [6.07, 6.45) is 2.63. The lowest BCUT2D eigenvalue weighted by atomic mass is 10.1. The number of hydrogen-bond donors (Lipinski definition) is 2. The number of carbonyl (C=O) groups excluding carboxylic acids is 1. The quantitative estimate of drug-likeness (QED) is 0.826. The van der Waals surface area contributed by atoms with Crippen LogP contribution < -0.4 is 11.1 Å². The molecule has 2 rings (SSSR count). The highest BCUT2D eigenvalue weighted by atomic mass is 16.5. The predicted molar refractivity (Wildman–Crippen MR) is 69.8 cm³/mol. The zero-order valence-electron chi connectivity index (χ0n) is 10.5. The van der Waals surface area contributed by atoms with Crippen molar-refractivity contribution in [1.82, 2.24) is 5.32 Å². The second-order valence-electron chi connectivity index (χ2n) is 4.59. The topological polar surface area (TPSA) is 64.3 Å². The predicted octanol–water partition coefficient (Wildman–Crippen LogP) is 1.33. The fourth-order valence-electron chi connectivity index (χ4n) is 2.21. The lowest BCUT2D eigenvalue weighted by Gasteiger charge is -2.11. The molecule has 1 aliphatic heterocycles. The lowest BCUT2D eigenvalue weighted by Crippen LogP contribution is -2.27. The Morgan fingerprint density at radius 2 is 2.17 bits per heavy atom. The SMILES string of the molecule is NCc1ccccc1CNC(=O)CC1CCCO1. The van der Waals surface area contributed by atoms with Crippen LogP contribution in [-0.4, -0.2) is 18.6 Å². The molecule has 1 unspecified atom stereocenters. The molecule has 1 atom stereocenters. The summed E-state index contributed by atoms with van der Waals surface area (Å²) in [7, 11) is 0. The number of ether oxygens (including phenoxy) is 1. The first-order valence-corrected chi connectivity index (χ1v) is 6.44. The number of nitrogens with two attached hydrogens (primary N) is 1. The average Bonchev–Trinajstić information content (AvgIpc) is 2.89. The van der Waals surface area contributed by atoms with Crippen LogP contribution in [0.1, 0.15) is 30.4 Å². The maximum atomic E-state index is 11.7. The Morgan fingerprint density at radius 3 is 2.83 bits per heavy atom. The van der Waals surface area contributed by atoms with Gasteiger partial charge in [0.25, 0.3) is 0 Å². The minimum Gasteiger partial charge on any atom is -0.378 e. The molecule has 1 aliphatic rings. The molecule has 0 aromatic heterocycles. The summed E-state index contributed by atoms with van der Waals surface area (Å²) in [4.78, 5) is 11.7. The van der Waals surface area contributed by atoms with E-state index in [1.54, 1.807) is 0 Å². The van der Waals surface area contributed by atoms with Crippen molar-refractivity contribution in [2.75, 3.05) is 6.61 Å². The molecule has 0 aliphatic carbocycles. The van der Waals surface area contributed by atoms with Crippen LogP contribution in [0.3, 0.4) is 0 Å². The number of benzene rings is 1. The zero-order valence-corrected chi connectivity index (χ0v) is 10.5. The first kappa shape index (κ1) is 13.1. The van der Waals surface area contributed by atoms with Crippen LogP contribution in [0, 0.1) is 0 Å². The van der Waals surface area contributed by atoms with Crippen molar-refractivity contribution in [1.29, 1.82) is 0 Å². The standard InChI is InChI=1S/C14H20N2O2/c15-9-11-4-1-2-5-12(11)10-16-14(17)8-13-6-3-7-18-13/h1-2,4-5,13H,3,6-10,15H2,(H,16,17). The van der Waals surface area contributed by atoms with Gasteiger partial charge in [-0.05, 0) is 24.0 Å². The summed E-state index contributed by atoms with van der Waals surface area (Å²) in [5, 5.41) is 2.93. The van der Waals surface area contributed by atoms with E-state index in [1.165, 1.54) is 0 Å². The monoisotopic (exact) mass is 248 g/mol. The fourth-order valence-corrected chi connectivity index (χ4v) is 2.21. The van der Waals surface area contributed by atoms with Gasteiger partial charge in [-0.2, -0.15) is 0 Å². The van der Waals surface area contributed by atoms with Crippen LogP contribution in [0.15, 0.2) is 24.3 Å². The third-order valence-corrected chi connectivity index (χ3v) is 3.25. The summed E-state index contributed by atoms with van der Waals surface area (Å²) in [6.45, 7) is 1.82. The summed E-state index contributed by atoms with van der Waals surface area (Å²) >= 11 is 0. The fraction of sp³-hybridized carbons (Fsp3) is 0.500. The Morgan fingerprint density at radius 1 is 1.39 bits per heavy atom. The largest absolute Gasteiger partial charge is 0.378 e. The number of amides is 1. The van der Waals surface area contributed by atoms with Gasteiger partial charge >= 0.3 is 0 Å². The van der Waals surface area contributed by atoms with Gasteiger partial charge in [0.1, 0.15) is 0 Å². The smallest absolute Gasteiger partial charge is 0.222 e. The van der Waals surface area contributed by atoms with Crippen molar-refractivity contribution in [3.63, 3.8) is 0 Å². The van der Waals surface area contributed by atoms with E-state index in [0.717, 1.165) is 30.6 Å². The second kappa shape index (κ2) is 6.52. The summed E-state index contributed by atoms with van der Waals surface area (Å²) < 4.78 is 5.44. The van der Waals surface area contributed by atoms with E-state index in [-0.39, 0.29) is 12.0 Å². The van der Waals surface area contributed by atoms with Crippen molar-refractivity contribution in [2.45, 2.75) is 38.5 Å². The van der Waals surface area contributed by atoms with Crippen LogP contribution in [-0.2, 0) is 22.6 Å². The van der Waals surface area contributed by atoms with Crippen molar-refractivity contribution < 1.29 is 9.53 Å². The Kier molecular flexibility index (Phi) is 4.73. The molecule has 3 N–H and O–H groups in total. The minimum absolute atomic E-state index is 0.0497. The van der Waals surface area contributed by atoms with Crippen LogP contribution >= 0.6 is 0 Å². The molecule has 98 valence electrons. The van der Waals surface area contributed by atoms with Gasteiger partial charge < -0.3 is 15.8 Å². The third kappa shape index (κ3) is 3.55. The highest BCUT2D eigenvalue weighted by molar-refractivity contribution is 5.76. The van der Waals surface area contributed by atoms with E-state index in [4.69, 9.17) is 10.5 Å². The molecule has 1 aromatic carbocycles. The minimum atomic E-state index is 0.0497. The lowest BCUT2D eigenvalue weighted by molar-refractivity contribution is -0.123. The zero-order chi connectivity index (χ0) is 12.8. The van der Waals surface area contributed by atoms with Crippen LogP contribution in [0.25, 0.3) is 0 Å². The molecule has 1 amide bonds. The molecule has 18 heavy (non-hydrogen) atoms. The highest BCUT2D eigenvalue weighted by Gasteiger charge is 2.18. The molecule has 1 saturated heterocycles. The number of hydrogen-bond acceptors (Lipinski definition) is 3.